The quantitative estimate of drug-likeness (QED) is 0.880. The van der Waals surface area contributed by atoms with E-state index in [9.17, 15) is 17.4 Å². The second-order valence-electron chi connectivity index (χ2n) is 6.25. The van der Waals surface area contributed by atoms with Gasteiger partial charge in [0, 0.05) is 12.3 Å². The number of nitrogens with one attached hydrogen (secondary N) is 1. The maximum Gasteiger partial charge on any atom is 0.408 e. The summed E-state index contributed by atoms with van der Waals surface area (Å²) in [6.07, 6.45) is -2.96. The van der Waals surface area contributed by atoms with Crippen LogP contribution in [0.1, 0.15) is 32.4 Å². The van der Waals surface area contributed by atoms with E-state index in [-0.39, 0.29) is 5.56 Å². The Hall–Kier alpha value is -1.87. The van der Waals surface area contributed by atoms with E-state index < -0.39 is 28.0 Å². The van der Waals surface area contributed by atoms with E-state index in [4.69, 9.17) is 5.73 Å². The Morgan fingerprint density at radius 2 is 1.75 bits per heavy atom. The van der Waals surface area contributed by atoms with Crippen molar-refractivity contribution in [3.05, 3.63) is 42.1 Å². The van der Waals surface area contributed by atoms with Crippen LogP contribution in [0.15, 0.2) is 36.5 Å². The Balaban J connectivity index is 2.29. The molecule has 0 aliphatic rings. The number of alkyl halides is 3. The first-order chi connectivity index (χ1) is 11.0. The van der Waals surface area contributed by atoms with Gasteiger partial charge in [-0.2, -0.15) is 18.3 Å². The molecule has 5 nitrogen and oxygen atoms in total. The number of aromatic nitrogens is 2. The van der Waals surface area contributed by atoms with Gasteiger partial charge in [0.2, 0.25) is 0 Å². The highest BCUT2D eigenvalue weighted by Gasteiger charge is 2.43. The third-order valence-electron chi connectivity index (χ3n) is 3.21. The first kappa shape index (κ1) is 18.5. The molecule has 2 unspecified atom stereocenters. The van der Waals surface area contributed by atoms with E-state index in [1.54, 1.807) is 33.0 Å². The molecule has 0 amide bonds. The Morgan fingerprint density at radius 1 is 1.17 bits per heavy atom. The monoisotopic (exact) mass is 360 g/mol. The minimum absolute atomic E-state index is 0.0241. The Bertz CT molecular complexity index is 720. The van der Waals surface area contributed by atoms with Crippen LogP contribution in [0.25, 0.3) is 5.69 Å². The summed E-state index contributed by atoms with van der Waals surface area (Å²) in [4.78, 5) is 0. The molecule has 2 atom stereocenters. The number of benzene rings is 1. The van der Waals surface area contributed by atoms with Crippen molar-refractivity contribution in [1.29, 1.82) is 0 Å². The number of anilines is 1. The zero-order valence-corrected chi connectivity index (χ0v) is 14.3. The van der Waals surface area contributed by atoms with Gasteiger partial charge in [0.05, 0.1) is 21.4 Å². The topological polar surface area (TPSA) is 72.9 Å². The van der Waals surface area contributed by atoms with E-state index in [1.807, 2.05) is 0 Å². The van der Waals surface area contributed by atoms with Crippen molar-refractivity contribution >= 4 is 16.8 Å². The number of hydrogen-bond acceptors (Lipinski definition) is 3. The highest BCUT2D eigenvalue weighted by atomic mass is 32.2. The molecular formula is C15H19F3N4OS. The van der Waals surface area contributed by atoms with E-state index in [1.165, 1.54) is 28.9 Å². The lowest BCUT2D eigenvalue weighted by molar-refractivity contribution is -0.152. The third-order valence-corrected chi connectivity index (χ3v) is 4.77. The molecule has 1 heterocycles. The molecule has 2 aromatic rings. The lowest BCUT2D eigenvalue weighted by Gasteiger charge is -2.26. The van der Waals surface area contributed by atoms with E-state index in [0.717, 1.165) is 0 Å². The molecule has 24 heavy (non-hydrogen) atoms. The lowest BCUT2D eigenvalue weighted by Crippen LogP contribution is -2.41. The summed E-state index contributed by atoms with van der Waals surface area (Å²) in [7, 11) is -1.86. The first-order valence-electron chi connectivity index (χ1n) is 7.15. The number of nitrogen functional groups attached to an aromatic ring is 1. The lowest BCUT2D eigenvalue weighted by atomic mass is 10.1. The first-order valence-corrected chi connectivity index (χ1v) is 8.30. The van der Waals surface area contributed by atoms with Crippen molar-refractivity contribution in [3.8, 4) is 5.69 Å². The highest BCUT2D eigenvalue weighted by Crippen LogP contribution is 2.34. The Kier molecular flexibility index (Phi) is 5.05. The van der Waals surface area contributed by atoms with Crippen LogP contribution in [0.3, 0.4) is 0 Å². The molecule has 1 aromatic heterocycles. The minimum atomic E-state index is -4.57. The van der Waals surface area contributed by atoms with Crippen LogP contribution in [0.2, 0.25) is 0 Å². The van der Waals surface area contributed by atoms with Crippen molar-refractivity contribution in [2.45, 2.75) is 37.7 Å². The zero-order chi connectivity index (χ0) is 18.1. The van der Waals surface area contributed by atoms with Crippen molar-refractivity contribution < 1.29 is 17.4 Å². The van der Waals surface area contributed by atoms with Gasteiger partial charge in [-0.05, 0) is 38.5 Å². The summed E-state index contributed by atoms with van der Waals surface area (Å²) < 4.78 is 54.9. The number of nitrogens with two attached hydrogens (primary N) is 1. The normalized spacial score (nSPS) is 15.2. The fourth-order valence-electron chi connectivity index (χ4n) is 1.91. The molecular weight excluding hydrogens is 341 g/mol. The van der Waals surface area contributed by atoms with E-state index >= 15 is 0 Å². The van der Waals surface area contributed by atoms with Gasteiger partial charge < -0.3 is 5.73 Å². The van der Waals surface area contributed by atoms with E-state index in [2.05, 4.69) is 9.82 Å². The minimum Gasteiger partial charge on any atom is -0.382 e. The summed E-state index contributed by atoms with van der Waals surface area (Å²) in [6.45, 7) is 4.82. The molecule has 0 aliphatic carbocycles. The molecule has 0 fully saturated rings. The average molecular weight is 360 g/mol. The molecule has 2 rings (SSSR count). The molecule has 0 aliphatic heterocycles. The van der Waals surface area contributed by atoms with Gasteiger partial charge >= 0.3 is 6.18 Å². The van der Waals surface area contributed by atoms with E-state index in [0.29, 0.717) is 11.5 Å². The van der Waals surface area contributed by atoms with Crippen molar-refractivity contribution in [3.63, 3.8) is 0 Å². The molecule has 0 bridgehead atoms. The second kappa shape index (κ2) is 6.56. The fourth-order valence-corrected chi connectivity index (χ4v) is 2.75. The highest BCUT2D eigenvalue weighted by molar-refractivity contribution is 7.84. The van der Waals surface area contributed by atoms with Gasteiger partial charge in [-0.15, -0.1) is 0 Å². The smallest absolute Gasteiger partial charge is 0.382 e. The van der Waals surface area contributed by atoms with Crippen molar-refractivity contribution in [2.75, 3.05) is 5.73 Å². The molecule has 0 spiro atoms. The van der Waals surface area contributed by atoms with Crippen LogP contribution in [0.5, 0.6) is 0 Å². The van der Waals surface area contributed by atoms with Gasteiger partial charge in [-0.25, -0.2) is 13.6 Å². The number of nitrogens with zero attached hydrogens (tertiary/aromatic N) is 2. The number of hydrogen-bond donors (Lipinski definition) is 2. The molecule has 0 radical (unpaired) electrons. The maximum absolute atomic E-state index is 13.4. The van der Waals surface area contributed by atoms with Gasteiger partial charge in [0.25, 0.3) is 0 Å². The molecule has 132 valence electrons. The SMILES string of the molecule is CC(C)(C)S(=O)NC(c1ccc(-n2ccc(N)n2)cc1)C(F)(F)F. The van der Waals surface area contributed by atoms with Crippen LogP contribution in [0.4, 0.5) is 19.0 Å². The van der Waals surface area contributed by atoms with Crippen LogP contribution in [-0.2, 0) is 11.0 Å². The van der Waals surface area contributed by atoms with Crippen molar-refractivity contribution in [1.82, 2.24) is 14.5 Å². The molecule has 0 saturated heterocycles. The van der Waals surface area contributed by atoms with Crippen LogP contribution in [0, 0.1) is 0 Å². The Labute approximate surface area is 140 Å². The summed E-state index contributed by atoms with van der Waals surface area (Å²) in [5.74, 6) is 0.314. The van der Waals surface area contributed by atoms with Gasteiger partial charge in [0.1, 0.15) is 11.9 Å². The standard InChI is InChI=1S/C15H19F3N4OS/c1-14(2,3)24(23)21-13(15(16,17)18)10-4-6-11(7-5-10)22-9-8-12(19)20-22/h4-9,13,21H,1-3H3,(H2,19,20). The predicted octanol–water partition coefficient (Wildman–Crippen LogP) is 3.11. The summed E-state index contributed by atoms with van der Waals surface area (Å²) in [5, 5.41) is 3.99. The second-order valence-corrected chi connectivity index (χ2v) is 8.25. The van der Waals surface area contributed by atoms with Gasteiger partial charge in [0.15, 0.2) is 0 Å². The fraction of sp³-hybridized carbons (Fsp3) is 0.400. The van der Waals surface area contributed by atoms with Crippen molar-refractivity contribution in [2.24, 2.45) is 0 Å². The molecule has 3 N–H and O–H groups in total. The summed E-state index contributed by atoms with van der Waals surface area (Å²) >= 11 is 0. The van der Waals surface area contributed by atoms with Crippen LogP contribution >= 0.6 is 0 Å². The number of halogens is 3. The van der Waals surface area contributed by atoms with Crippen LogP contribution in [-0.4, -0.2) is 24.9 Å². The summed E-state index contributed by atoms with van der Waals surface area (Å²) in [5.41, 5.74) is 6.08. The average Bonchev–Trinajstić information content (AvgIpc) is 2.89. The molecule has 9 heteroatoms. The Morgan fingerprint density at radius 3 is 2.17 bits per heavy atom. The van der Waals surface area contributed by atoms with Gasteiger partial charge in [-0.3, -0.25) is 0 Å². The van der Waals surface area contributed by atoms with Gasteiger partial charge in [-0.1, -0.05) is 12.1 Å². The zero-order valence-electron chi connectivity index (χ0n) is 13.5. The summed E-state index contributed by atoms with van der Waals surface area (Å²) in [6, 6.07) is 5.23. The predicted molar refractivity (Wildman–Crippen MR) is 87.8 cm³/mol. The number of rotatable bonds is 4. The molecule has 0 saturated carbocycles. The maximum atomic E-state index is 13.4. The molecule has 1 aromatic carbocycles. The largest absolute Gasteiger partial charge is 0.408 e. The third kappa shape index (κ3) is 4.35. The van der Waals surface area contributed by atoms with Crippen LogP contribution < -0.4 is 10.5 Å².